The van der Waals surface area contributed by atoms with E-state index in [1.165, 1.54) is 38.5 Å². The Bertz CT molecular complexity index is 645. The van der Waals surface area contributed by atoms with Crippen molar-refractivity contribution in [1.29, 1.82) is 10.8 Å². The Hall–Kier alpha value is -2.14. The minimum absolute atomic E-state index is 0.0221. The van der Waals surface area contributed by atoms with Gasteiger partial charge in [0.2, 0.25) is 0 Å². The molecule has 0 rings (SSSR count). The van der Waals surface area contributed by atoms with Crippen LogP contribution in [0.15, 0.2) is 24.3 Å². The molecule has 0 saturated carbocycles. The Balaban J connectivity index is 4.16. The van der Waals surface area contributed by atoms with E-state index in [0.29, 0.717) is 39.5 Å². The van der Waals surface area contributed by atoms with Crippen LogP contribution in [0.3, 0.4) is 0 Å². The minimum Gasteiger partial charge on any atom is -0.378 e. The van der Waals surface area contributed by atoms with E-state index < -0.39 is 0 Å². The molecule has 0 aromatic rings. The van der Waals surface area contributed by atoms with Gasteiger partial charge in [-0.25, -0.2) is 0 Å². The van der Waals surface area contributed by atoms with Crippen LogP contribution in [0, 0.1) is 10.8 Å². The number of hydrogen-bond donors (Lipinski definition) is 6. The highest BCUT2D eigenvalue weighted by atomic mass is 16.5. The van der Waals surface area contributed by atoms with Crippen LogP contribution in [-0.4, -0.2) is 101 Å². The summed E-state index contributed by atoms with van der Waals surface area (Å²) in [5, 5.41) is 20.3. The van der Waals surface area contributed by atoms with E-state index in [1.54, 1.807) is 0 Å². The number of rotatable bonds is 29. The monoisotopic (exact) mass is 566 g/mol. The van der Waals surface area contributed by atoms with E-state index in [2.05, 4.69) is 58.6 Å². The fraction of sp³-hybridized carbons (Fsp3) is 0.800. The summed E-state index contributed by atoms with van der Waals surface area (Å²) in [6.07, 6.45) is 21.0. The third-order valence-electron chi connectivity index (χ3n) is 6.43. The van der Waals surface area contributed by atoms with Crippen molar-refractivity contribution in [3.8, 4) is 0 Å². The normalized spacial score (nSPS) is 11.8. The minimum atomic E-state index is 0.0221. The van der Waals surface area contributed by atoms with Crippen molar-refractivity contribution in [3.05, 3.63) is 24.3 Å². The first kappa shape index (κ1) is 37.9. The predicted octanol–water partition coefficient (Wildman–Crippen LogP) is 3.64. The molecule has 10 heteroatoms. The number of nitrogens with two attached hydrogens (primary N) is 2. The highest BCUT2D eigenvalue weighted by molar-refractivity contribution is 5.74. The van der Waals surface area contributed by atoms with Crippen LogP contribution in [0.2, 0.25) is 0 Å². The number of allylic oxidation sites excluding steroid dienone is 2. The van der Waals surface area contributed by atoms with Gasteiger partial charge in [0.1, 0.15) is 0 Å². The first-order valence-electron chi connectivity index (χ1n) is 15.6. The molecule has 0 aliphatic carbocycles. The number of ether oxygens (including phenoxy) is 2. The van der Waals surface area contributed by atoms with Gasteiger partial charge in [-0.1, -0.05) is 70.3 Å². The van der Waals surface area contributed by atoms with Gasteiger partial charge in [0.05, 0.1) is 26.4 Å². The van der Waals surface area contributed by atoms with Crippen molar-refractivity contribution in [2.24, 2.45) is 11.5 Å². The third kappa shape index (κ3) is 28.9. The molecule has 0 aliphatic heterocycles. The molecule has 0 spiro atoms. The topological polar surface area (TPSA) is 149 Å². The Kier molecular flexibility index (Phi) is 28.2. The Morgan fingerprint density at radius 2 is 1.12 bits per heavy atom. The van der Waals surface area contributed by atoms with Gasteiger partial charge < -0.3 is 31.6 Å². The van der Waals surface area contributed by atoms with Crippen LogP contribution in [0.4, 0.5) is 0 Å². The smallest absolute Gasteiger partial charge is 0.185 e. The molecule has 8 N–H and O–H groups in total. The molecule has 0 saturated heterocycles. The molecule has 234 valence electrons. The van der Waals surface area contributed by atoms with Crippen LogP contribution in [0.5, 0.6) is 0 Å². The van der Waals surface area contributed by atoms with Gasteiger partial charge in [0, 0.05) is 52.4 Å². The summed E-state index contributed by atoms with van der Waals surface area (Å²) in [6.45, 7) is 13.7. The maximum atomic E-state index is 7.32. The number of hydrogen-bond acceptors (Lipinski definition) is 6. The van der Waals surface area contributed by atoms with Crippen LogP contribution >= 0.6 is 0 Å². The fourth-order valence-corrected chi connectivity index (χ4v) is 4.12. The fourth-order valence-electron chi connectivity index (χ4n) is 4.12. The first-order valence-corrected chi connectivity index (χ1v) is 15.6. The third-order valence-corrected chi connectivity index (χ3v) is 6.43. The van der Waals surface area contributed by atoms with Gasteiger partial charge in [-0.05, 0) is 32.1 Å². The molecule has 0 unspecified atom stereocenters. The van der Waals surface area contributed by atoms with Crippen LogP contribution in [0.1, 0.15) is 78.1 Å². The van der Waals surface area contributed by atoms with Crippen molar-refractivity contribution in [2.45, 2.75) is 78.1 Å². The van der Waals surface area contributed by atoms with E-state index in [1.807, 2.05) is 0 Å². The zero-order chi connectivity index (χ0) is 29.5. The van der Waals surface area contributed by atoms with E-state index in [4.69, 9.17) is 31.8 Å². The maximum Gasteiger partial charge on any atom is 0.185 e. The van der Waals surface area contributed by atoms with Gasteiger partial charge in [-0.3, -0.25) is 20.6 Å². The summed E-state index contributed by atoms with van der Waals surface area (Å²) in [5.74, 6) is 0.0492. The maximum absolute atomic E-state index is 7.32. The van der Waals surface area contributed by atoms with Crippen LogP contribution < -0.4 is 22.1 Å². The Morgan fingerprint density at radius 1 is 0.625 bits per heavy atom. The molecule has 0 aliphatic rings. The highest BCUT2D eigenvalue weighted by Gasteiger charge is 2.05. The summed E-state index contributed by atoms with van der Waals surface area (Å²) < 4.78 is 11.7. The summed E-state index contributed by atoms with van der Waals surface area (Å²) in [6, 6.07) is 0. The number of nitrogens with zero attached hydrogens (tertiary/aromatic N) is 2. The van der Waals surface area contributed by atoms with E-state index >= 15 is 0 Å². The van der Waals surface area contributed by atoms with Crippen molar-refractivity contribution < 1.29 is 9.47 Å². The Morgan fingerprint density at radius 3 is 1.62 bits per heavy atom. The SMILES string of the molecule is CC/C=C\CN(CCCNC(=N)N)CCOCCOCCN(C/C=C/CCCCCCCC)CCCNC(=N)N. The van der Waals surface area contributed by atoms with Gasteiger partial charge in [0.15, 0.2) is 11.9 Å². The van der Waals surface area contributed by atoms with E-state index in [0.717, 1.165) is 65.0 Å². The molecule has 10 nitrogen and oxygen atoms in total. The van der Waals surface area contributed by atoms with E-state index in [-0.39, 0.29) is 11.9 Å². The molecule has 0 atom stereocenters. The second kappa shape index (κ2) is 29.8. The molecule has 0 fully saturated rings. The Labute approximate surface area is 245 Å². The molecule has 0 amide bonds. The molecule has 0 heterocycles. The molecule has 0 bridgehead atoms. The lowest BCUT2D eigenvalue weighted by Crippen LogP contribution is -2.35. The quantitative estimate of drug-likeness (QED) is 0.0348. The molecule has 0 radical (unpaired) electrons. The lowest BCUT2D eigenvalue weighted by atomic mass is 10.1. The lowest BCUT2D eigenvalue weighted by Gasteiger charge is -2.21. The average molecular weight is 567 g/mol. The van der Waals surface area contributed by atoms with Gasteiger partial charge in [-0.2, -0.15) is 0 Å². The number of unbranched alkanes of at least 4 members (excludes halogenated alkanes) is 6. The summed E-state index contributed by atoms with van der Waals surface area (Å²) in [7, 11) is 0. The molecule has 40 heavy (non-hydrogen) atoms. The standard InChI is InChI=1S/C30H62N8O2/c1-3-5-7-8-9-10-11-12-14-20-38(22-16-18-36-30(33)34)24-26-40-28-27-39-25-23-37(19-13-6-4-2)21-15-17-35-29(31)32/h6,12-14H,3-5,7-11,15-28H2,1-2H3,(H4,31,32,35)(H4,33,34,36)/b13-6-,14-12+. The van der Waals surface area contributed by atoms with Gasteiger partial charge in [0.25, 0.3) is 0 Å². The van der Waals surface area contributed by atoms with Crippen molar-refractivity contribution in [3.63, 3.8) is 0 Å². The predicted molar refractivity (Wildman–Crippen MR) is 170 cm³/mol. The van der Waals surface area contributed by atoms with Crippen LogP contribution in [-0.2, 0) is 9.47 Å². The zero-order valence-electron chi connectivity index (χ0n) is 25.7. The van der Waals surface area contributed by atoms with E-state index in [9.17, 15) is 0 Å². The summed E-state index contributed by atoms with van der Waals surface area (Å²) in [5.41, 5.74) is 10.8. The zero-order valence-corrected chi connectivity index (χ0v) is 25.7. The first-order chi connectivity index (χ1) is 19.5. The van der Waals surface area contributed by atoms with Crippen molar-refractivity contribution >= 4 is 11.9 Å². The summed E-state index contributed by atoms with van der Waals surface area (Å²) in [4.78, 5) is 4.75. The number of guanidine groups is 2. The molecular weight excluding hydrogens is 504 g/mol. The highest BCUT2D eigenvalue weighted by Crippen LogP contribution is 2.07. The molecule has 0 aromatic heterocycles. The largest absolute Gasteiger partial charge is 0.378 e. The summed E-state index contributed by atoms with van der Waals surface area (Å²) >= 11 is 0. The second-order valence-electron chi connectivity index (χ2n) is 10.1. The van der Waals surface area contributed by atoms with Gasteiger partial charge in [-0.15, -0.1) is 0 Å². The second-order valence-corrected chi connectivity index (χ2v) is 10.1. The van der Waals surface area contributed by atoms with Gasteiger partial charge >= 0.3 is 0 Å². The molecular formula is C30H62N8O2. The van der Waals surface area contributed by atoms with Crippen molar-refractivity contribution in [2.75, 3.05) is 78.8 Å². The molecule has 0 aromatic carbocycles. The van der Waals surface area contributed by atoms with Crippen molar-refractivity contribution in [1.82, 2.24) is 20.4 Å². The van der Waals surface area contributed by atoms with Crippen LogP contribution in [0.25, 0.3) is 0 Å². The average Bonchev–Trinajstić information content (AvgIpc) is 2.92. The number of nitrogens with one attached hydrogen (secondary N) is 4. The lowest BCUT2D eigenvalue weighted by molar-refractivity contribution is 0.0328.